The van der Waals surface area contributed by atoms with Gasteiger partial charge in [0.1, 0.15) is 18.2 Å². The summed E-state index contributed by atoms with van der Waals surface area (Å²) in [5.74, 6) is -2.51. The Morgan fingerprint density at radius 3 is 1.75 bits per heavy atom. The second kappa shape index (κ2) is 18.0. The fraction of sp³-hybridized carbons (Fsp3) is 0.680. The van der Waals surface area contributed by atoms with Crippen LogP contribution in [0.15, 0.2) is 16.6 Å². The van der Waals surface area contributed by atoms with Crippen molar-refractivity contribution in [3.63, 3.8) is 0 Å². The number of hydrogen-bond donors (Lipinski definition) is 0. The van der Waals surface area contributed by atoms with Gasteiger partial charge in [0, 0.05) is 17.3 Å². The zero-order valence-electron chi connectivity index (χ0n) is 19.2. The van der Waals surface area contributed by atoms with E-state index in [-0.39, 0.29) is 35.3 Å². The highest BCUT2D eigenvalue weighted by Gasteiger charge is 2.13. The van der Waals surface area contributed by atoms with Crippen LogP contribution in [-0.2, 0) is 25.7 Å². The Labute approximate surface area is 199 Å². The fourth-order valence-corrected chi connectivity index (χ4v) is 3.74. The van der Waals surface area contributed by atoms with Crippen LogP contribution in [0.4, 0.5) is 8.78 Å². The zero-order valence-corrected chi connectivity index (χ0v) is 20.8. The molecule has 0 aliphatic heterocycles. The molecule has 0 spiro atoms. The first-order chi connectivity index (χ1) is 15.4. The molecule has 0 atom stereocenters. The molecule has 4 nitrogen and oxygen atoms in total. The van der Waals surface area contributed by atoms with Gasteiger partial charge in [0.05, 0.1) is 12.2 Å². The Bertz CT molecular complexity index is 659. The number of ether oxygens (including phenoxy) is 2. The molecular weight excluding hydrogens is 482 g/mol. The highest BCUT2D eigenvalue weighted by atomic mass is 79.9. The summed E-state index contributed by atoms with van der Waals surface area (Å²) < 4.78 is 37.8. The minimum atomic E-state index is -0.782. The summed E-state index contributed by atoms with van der Waals surface area (Å²) >= 11 is 2.99. The van der Waals surface area contributed by atoms with E-state index in [9.17, 15) is 18.4 Å². The average molecular weight is 519 g/mol. The van der Waals surface area contributed by atoms with Crippen LogP contribution in [0.25, 0.3) is 0 Å². The summed E-state index contributed by atoms with van der Waals surface area (Å²) in [7, 11) is 0. The highest BCUT2D eigenvalue weighted by molar-refractivity contribution is 9.10. The number of unbranched alkanes of at least 4 members (excludes halogenated alkanes) is 10. The molecular formula is C25H37BrF2O4. The van der Waals surface area contributed by atoms with Crippen molar-refractivity contribution >= 4 is 27.9 Å². The van der Waals surface area contributed by atoms with E-state index in [1.165, 1.54) is 51.4 Å². The predicted octanol–water partition coefficient (Wildman–Crippen LogP) is 7.80. The molecule has 0 aromatic heterocycles. The predicted molar refractivity (Wildman–Crippen MR) is 125 cm³/mol. The van der Waals surface area contributed by atoms with Crippen molar-refractivity contribution in [1.82, 2.24) is 0 Å². The van der Waals surface area contributed by atoms with Crippen LogP contribution in [0.1, 0.15) is 102 Å². The number of esters is 2. The Kier molecular flexibility index (Phi) is 16.0. The van der Waals surface area contributed by atoms with E-state index in [1.807, 2.05) is 0 Å². The number of rotatable bonds is 18. The second-order valence-electron chi connectivity index (χ2n) is 8.12. The van der Waals surface area contributed by atoms with Gasteiger partial charge in [-0.3, -0.25) is 9.59 Å². The third-order valence-corrected chi connectivity index (χ3v) is 5.71. The monoisotopic (exact) mass is 518 g/mol. The van der Waals surface area contributed by atoms with Gasteiger partial charge in [-0.1, -0.05) is 87.1 Å². The Morgan fingerprint density at radius 2 is 1.22 bits per heavy atom. The molecule has 1 aromatic carbocycles. The van der Waals surface area contributed by atoms with Gasteiger partial charge in [-0.15, -0.1) is 0 Å². The molecule has 0 radical (unpaired) electrons. The molecule has 0 bridgehead atoms. The normalized spacial score (nSPS) is 10.9. The summed E-state index contributed by atoms with van der Waals surface area (Å²) in [6, 6.07) is 2.22. The maximum atomic E-state index is 13.7. The van der Waals surface area contributed by atoms with E-state index in [0.717, 1.165) is 31.4 Å². The smallest absolute Gasteiger partial charge is 0.306 e. The molecule has 0 heterocycles. The number of hydrogen-bond acceptors (Lipinski definition) is 4. The number of benzene rings is 1. The van der Waals surface area contributed by atoms with Crippen LogP contribution in [0.2, 0.25) is 0 Å². The lowest BCUT2D eigenvalue weighted by molar-refractivity contribution is -0.146. The van der Waals surface area contributed by atoms with E-state index in [0.29, 0.717) is 6.61 Å². The van der Waals surface area contributed by atoms with Gasteiger partial charge in [0.15, 0.2) is 0 Å². The van der Waals surface area contributed by atoms with Gasteiger partial charge in [-0.25, -0.2) is 8.78 Å². The van der Waals surface area contributed by atoms with Crippen molar-refractivity contribution in [2.24, 2.45) is 0 Å². The van der Waals surface area contributed by atoms with Crippen LogP contribution in [0.3, 0.4) is 0 Å². The average Bonchev–Trinajstić information content (AvgIpc) is 2.73. The Balaban J connectivity index is 1.97. The van der Waals surface area contributed by atoms with Crippen LogP contribution < -0.4 is 0 Å². The first kappa shape index (κ1) is 28.5. The van der Waals surface area contributed by atoms with Crippen molar-refractivity contribution < 1.29 is 27.8 Å². The third-order valence-electron chi connectivity index (χ3n) is 5.26. The molecule has 0 N–H and O–H groups in total. The molecule has 1 aromatic rings. The first-order valence-electron chi connectivity index (χ1n) is 11.9. The first-order valence-corrected chi connectivity index (χ1v) is 12.7. The largest absolute Gasteiger partial charge is 0.466 e. The van der Waals surface area contributed by atoms with Crippen LogP contribution in [0, 0.1) is 11.6 Å². The zero-order chi connectivity index (χ0) is 23.6. The molecule has 0 aliphatic carbocycles. The topological polar surface area (TPSA) is 52.6 Å². The number of carbonyl (C=O) groups excluding carboxylic acids is 2. The van der Waals surface area contributed by atoms with Gasteiger partial charge >= 0.3 is 11.9 Å². The minimum Gasteiger partial charge on any atom is -0.466 e. The molecule has 0 aliphatic rings. The quantitative estimate of drug-likeness (QED) is 0.147. The summed E-state index contributed by atoms with van der Waals surface area (Å²) in [6.07, 6.45) is 14.0. The molecule has 0 saturated carbocycles. The van der Waals surface area contributed by atoms with Gasteiger partial charge in [-0.05, 0) is 25.0 Å². The summed E-state index contributed by atoms with van der Waals surface area (Å²) in [5.41, 5.74) is -0.298. The fourth-order valence-electron chi connectivity index (χ4n) is 3.34. The van der Waals surface area contributed by atoms with Crippen molar-refractivity contribution in [2.45, 2.75) is 103 Å². The lowest BCUT2D eigenvalue weighted by Crippen LogP contribution is -2.10. The molecule has 0 amide bonds. The van der Waals surface area contributed by atoms with Gasteiger partial charge < -0.3 is 9.47 Å². The van der Waals surface area contributed by atoms with Gasteiger partial charge in [0.2, 0.25) is 0 Å². The van der Waals surface area contributed by atoms with E-state index in [4.69, 9.17) is 9.47 Å². The third kappa shape index (κ3) is 13.8. The number of halogens is 3. The molecule has 0 saturated heterocycles. The van der Waals surface area contributed by atoms with Gasteiger partial charge in [0.25, 0.3) is 0 Å². The van der Waals surface area contributed by atoms with E-state index in [2.05, 4.69) is 22.9 Å². The second-order valence-corrected chi connectivity index (χ2v) is 9.03. The SMILES string of the molecule is CCCCCCCCCCCCCOC(=O)CCCC(=O)OCc1c(F)cc(Br)cc1F. The van der Waals surface area contributed by atoms with E-state index >= 15 is 0 Å². The number of carbonyl (C=O) groups is 2. The van der Waals surface area contributed by atoms with Crippen molar-refractivity contribution in [2.75, 3.05) is 6.61 Å². The maximum Gasteiger partial charge on any atom is 0.306 e. The molecule has 182 valence electrons. The summed E-state index contributed by atoms with van der Waals surface area (Å²) in [5, 5.41) is 0. The molecule has 7 heteroatoms. The van der Waals surface area contributed by atoms with Gasteiger partial charge in [-0.2, -0.15) is 0 Å². The molecule has 0 unspecified atom stereocenters. The van der Waals surface area contributed by atoms with Crippen LogP contribution in [-0.4, -0.2) is 18.5 Å². The van der Waals surface area contributed by atoms with E-state index in [1.54, 1.807) is 0 Å². The lowest BCUT2D eigenvalue weighted by Gasteiger charge is -2.08. The lowest BCUT2D eigenvalue weighted by atomic mass is 10.1. The Hall–Kier alpha value is -1.50. The molecule has 32 heavy (non-hydrogen) atoms. The highest BCUT2D eigenvalue weighted by Crippen LogP contribution is 2.20. The Morgan fingerprint density at radius 1 is 0.750 bits per heavy atom. The van der Waals surface area contributed by atoms with Crippen LogP contribution in [0.5, 0.6) is 0 Å². The van der Waals surface area contributed by atoms with Crippen LogP contribution >= 0.6 is 15.9 Å². The van der Waals surface area contributed by atoms with Crippen molar-refractivity contribution in [1.29, 1.82) is 0 Å². The maximum absolute atomic E-state index is 13.7. The summed E-state index contributed by atoms with van der Waals surface area (Å²) in [6.45, 7) is 2.16. The minimum absolute atomic E-state index is 0.00664. The van der Waals surface area contributed by atoms with E-state index < -0.39 is 24.2 Å². The van der Waals surface area contributed by atoms with Crippen molar-refractivity contribution in [3.8, 4) is 0 Å². The van der Waals surface area contributed by atoms with Crippen molar-refractivity contribution in [3.05, 3.63) is 33.8 Å². The molecule has 1 rings (SSSR count). The summed E-state index contributed by atoms with van der Waals surface area (Å²) in [4.78, 5) is 23.5. The standard InChI is InChI=1S/C25H37BrF2O4/c1-2-3-4-5-6-7-8-9-10-11-12-16-31-24(29)14-13-15-25(30)32-19-21-22(27)17-20(26)18-23(21)28/h17-18H,2-16,19H2,1H3. The molecule has 0 fully saturated rings.